The number of hydrogen-bond donors (Lipinski definition) is 0. The van der Waals surface area contributed by atoms with Gasteiger partial charge >= 0.3 is 0 Å². The van der Waals surface area contributed by atoms with Crippen molar-refractivity contribution in [3.63, 3.8) is 0 Å². The Hall–Kier alpha value is -1.02. The maximum atomic E-state index is 6.01. The Balaban J connectivity index is 1.77. The monoisotopic (exact) mass is 261 g/mol. The van der Waals surface area contributed by atoms with Gasteiger partial charge in [-0.15, -0.1) is 0 Å². The fourth-order valence-corrected chi connectivity index (χ4v) is 2.79. The largest absolute Gasteiger partial charge is 0.493 e. The predicted octanol–water partition coefficient (Wildman–Crippen LogP) is 3.87. The lowest BCUT2D eigenvalue weighted by atomic mass is 10.1. The Kier molecular flexibility index (Phi) is 5.26. The number of nitrogens with zero attached hydrogens (tertiary/aromatic N) is 1. The predicted molar refractivity (Wildman–Crippen MR) is 81.1 cm³/mol. The average molecular weight is 261 g/mol. The fraction of sp³-hybridized carbons (Fsp3) is 0.647. The van der Waals surface area contributed by atoms with Gasteiger partial charge in [-0.25, -0.2) is 0 Å². The number of piperidine rings is 1. The Morgan fingerprint density at radius 2 is 1.68 bits per heavy atom. The van der Waals surface area contributed by atoms with Crippen LogP contribution in [0.25, 0.3) is 0 Å². The van der Waals surface area contributed by atoms with E-state index < -0.39 is 0 Å². The minimum atomic E-state index is 0.835. The van der Waals surface area contributed by atoms with E-state index in [1.54, 1.807) is 0 Å². The van der Waals surface area contributed by atoms with Crippen molar-refractivity contribution in [3.8, 4) is 5.75 Å². The lowest BCUT2D eigenvalue weighted by molar-refractivity contribution is 0.204. The zero-order chi connectivity index (χ0) is 13.7. The van der Waals surface area contributed by atoms with Gasteiger partial charge in [0.1, 0.15) is 5.75 Å². The molecule has 0 saturated carbocycles. The van der Waals surface area contributed by atoms with E-state index in [4.69, 9.17) is 4.74 Å². The average Bonchev–Trinajstić information content (AvgIpc) is 2.43. The molecule has 0 atom stereocenters. The highest BCUT2D eigenvalue weighted by molar-refractivity contribution is 5.44. The second-order valence-corrected chi connectivity index (χ2v) is 5.76. The smallest absolute Gasteiger partial charge is 0.125 e. The maximum absolute atomic E-state index is 6.01. The van der Waals surface area contributed by atoms with E-state index in [9.17, 15) is 0 Å². The molecule has 2 heteroatoms. The summed E-state index contributed by atoms with van der Waals surface area (Å²) in [6.07, 6.45) is 5.29. The molecule has 1 aliphatic rings. The molecule has 0 unspecified atom stereocenters. The van der Waals surface area contributed by atoms with Gasteiger partial charge in [-0.05, 0) is 69.8 Å². The first-order valence-electron chi connectivity index (χ1n) is 7.60. The van der Waals surface area contributed by atoms with Crippen LogP contribution in [0.15, 0.2) is 12.1 Å². The molecular weight excluding hydrogens is 234 g/mol. The van der Waals surface area contributed by atoms with Crippen LogP contribution >= 0.6 is 0 Å². The van der Waals surface area contributed by atoms with E-state index in [0.29, 0.717) is 0 Å². The molecule has 1 heterocycles. The molecule has 0 aromatic heterocycles. The highest BCUT2D eigenvalue weighted by Crippen LogP contribution is 2.25. The van der Waals surface area contributed by atoms with Gasteiger partial charge in [0, 0.05) is 6.54 Å². The third kappa shape index (κ3) is 3.97. The Bertz CT molecular complexity index is 408. The third-order valence-electron chi connectivity index (χ3n) is 4.19. The number of likely N-dealkylation sites (tertiary alicyclic amines) is 1. The van der Waals surface area contributed by atoms with Gasteiger partial charge in [-0.2, -0.15) is 0 Å². The van der Waals surface area contributed by atoms with Crippen LogP contribution in [0.3, 0.4) is 0 Å². The van der Waals surface area contributed by atoms with Crippen molar-refractivity contribution in [2.75, 3.05) is 26.2 Å². The van der Waals surface area contributed by atoms with Crippen LogP contribution in [0.5, 0.6) is 5.75 Å². The van der Waals surface area contributed by atoms with E-state index in [1.165, 1.54) is 55.6 Å². The second kappa shape index (κ2) is 6.95. The van der Waals surface area contributed by atoms with Crippen LogP contribution in [0, 0.1) is 20.8 Å². The number of ether oxygens (including phenoxy) is 1. The molecule has 1 aromatic rings. The summed E-state index contributed by atoms with van der Waals surface area (Å²) < 4.78 is 6.01. The summed E-state index contributed by atoms with van der Waals surface area (Å²) in [4.78, 5) is 2.57. The summed E-state index contributed by atoms with van der Waals surface area (Å²) in [5.74, 6) is 1.10. The van der Waals surface area contributed by atoms with Crippen LogP contribution in [0.4, 0.5) is 0 Å². The summed E-state index contributed by atoms with van der Waals surface area (Å²) in [5.41, 5.74) is 3.86. The quantitative estimate of drug-likeness (QED) is 0.746. The Morgan fingerprint density at radius 3 is 2.42 bits per heavy atom. The molecule has 2 nitrogen and oxygen atoms in total. The molecule has 2 rings (SSSR count). The summed E-state index contributed by atoms with van der Waals surface area (Å²) in [5, 5.41) is 0. The van der Waals surface area contributed by atoms with E-state index in [1.807, 2.05) is 0 Å². The van der Waals surface area contributed by atoms with Gasteiger partial charge in [0.25, 0.3) is 0 Å². The van der Waals surface area contributed by atoms with E-state index in [-0.39, 0.29) is 0 Å². The number of hydrogen-bond acceptors (Lipinski definition) is 2. The zero-order valence-electron chi connectivity index (χ0n) is 12.7. The summed E-state index contributed by atoms with van der Waals surface area (Å²) in [6.45, 7) is 11.0. The van der Waals surface area contributed by atoms with Crippen LogP contribution in [0.1, 0.15) is 42.4 Å². The lowest BCUT2D eigenvalue weighted by Gasteiger charge is -2.26. The number of aryl methyl sites for hydroxylation is 2. The van der Waals surface area contributed by atoms with Crippen molar-refractivity contribution in [1.82, 2.24) is 4.90 Å². The van der Waals surface area contributed by atoms with Gasteiger partial charge in [0.15, 0.2) is 0 Å². The third-order valence-corrected chi connectivity index (χ3v) is 4.19. The second-order valence-electron chi connectivity index (χ2n) is 5.76. The fourth-order valence-electron chi connectivity index (χ4n) is 2.79. The maximum Gasteiger partial charge on any atom is 0.125 e. The standard InChI is InChI=1S/C17H27NO/c1-14-8-9-15(2)17(16(14)3)19-13-7-12-18-10-5-4-6-11-18/h8-9H,4-7,10-13H2,1-3H3. The van der Waals surface area contributed by atoms with Gasteiger partial charge in [0.05, 0.1) is 6.61 Å². The van der Waals surface area contributed by atoms with Crippen molar-refractivity contribution < 1.29 is 4.74 Å². The van der Waals surface area contributed by atoms with Gasteiger partial charge in [-0.1, -0.05) is 18.6 Å². The molecule has 0 aliphatic carbocycles. The molecule has 1 aliphatic heterocycles. The molecule has 1 aromatic carbocycles. The molecule has 1 saturated heterocycles. The van der Waals surface area contributed by atoms with Crippen molar-refractivity contribution in [3.05, 3.63) is 28.8 Å². The summed E-state index contributed by atoms with van der Waals surface area (Å²) >= 11 is 0. The molecule has 0 spiro atoms. The van der Waals surface area contributed by atoms with Crippen LogP contribution < -0.4 is 4.74 Å². The minimum absolute atomic E-state index is 0.835. The molecular formula is C17H27NO. The SMILES string of the molecule is Cc1ccc(C)c(OCCCN2CCCCC2)c1C. The lowest BCUT2D eigenvalue weighted by Crippen LogP contribution is -2.31. The van der Waals surface area contributed by atoms with Crippen molar-refractivity contribution in [2.45, 2.75) is 46.5 Å². The normalized spacial score (nSPS) is 16.6. The van der Waals surface area contributed by atoms with Gasteiger partial charge in [-0.3, -0.25) is 0 Å². The molecule has 19 heavy (non-hydrogen) atoms. The van der Waals surface area contributed by atoms with Crippen LogP contribution in [0.2, 0.25) is 0 Å². The minimum Gasteiger partial charge on any atom is -0.493 e. The molecule has 0 N–H and O–H groups in total. The van der Waals surface area contributed by atoms with Crippen molar-refractivity contribution in [2.24, 2.45) is 0 Å². The van der Waals surface area contributed by atoms with E-state index in [0.717, 1.165) is 18.8 Å². The summed E-state index contributed by atoms with van der Waals surface area (Å²) in [7, 11) is 0. The Morgan fingerprint density at radius 1 is 1.00 bits per heavy atom. The molecule has 1 fully saturated rings. The zero-order valence-corrected chi connectivity index (χ0v) is 12.7. The van der Waals surface area contributed by atoms with E-state index in [2.05, 4.69) is 37.8 Å². The number of benzene rings is 1. The molecule has 0 amide bonds. The first-order chi connectivity index (χ1) is 9.18. The summed E-state index contributed by atoms with van der Waals surface area (Å²) in [6, 6.07) is 4.33. The van der Waals surface area contributed by atoms with E-state index >= 15 is 0 Å². The van der Waals surface area contributed by atoms with Crippen LogP contribution in [-0.4, -0.2) is 31.1 Å². The highest BCUT2D eigenvalue weighted by Gasteiger charge is 2.10. The van der Waals surface area contributed by atoms with Crippen LogP contribution in [-0.2, 0) is 0 Å². The topological polar surface area (TPSA) is 12.5 Å². The highest BCUT2D eigenvalue weighted by atomic mass is 16.5. The first kappa shape index (κ1) is 14.4. The van der Waals surface area contributed by atoms with Gasteiger partial charge < -0.3 is 9.64 Å². The molecule has 106 valence electrons. The first-order valence-corrected chi connectivity index (χ1v) is 7.60. The molecule has 0 radical (unpaired) electrons. The van der Waals surface area contributed by atoms with Crippen molar-refractivity contribution in [1.29, 1.82) is 0 Å². The molecule has 0 bridgehead atoms. The van der Waals surface area contributed by atoms with Crippen molar-refractivity contribution >= 4 is 0 Å². The van der Waals surface area contributed by atoms with Gasteiger partial charge in [0.2, 0.25) is 0 Å². The number of rotatable bonds is 5. The Labute approximate surface area is 117 Å².